The van der Waals surface area contributed by atoms with Gasteiger partial charge in [0.2, 0.25) is 0 Å². The van der Waals surface area contributed by atoms with Crippen LogP contribution in [-0.4, -0.2) is 12.0 Å². The highest BCUT2D eigenvalue weighted by Crippen LogP contribution is 2.29. The maximum atomic E-state index is 13.1. The number of Topliss-reactive ketones (excluding diaryl/α,β-unsaturated/α-hetero) is 1. The van der Waals surface area contributed by atoms with Crippen LogP contribution in [0.3, 0.4) is 0 Å². The van der Waals surface area contributed by atoms with E-state index in [-0.39, 0.29) is 17.0 Å². The van der Waals surface area contributed by atoms with Gasteiger partial charge in [-0.1, -0.05) is 6.92 Å². The second-order valence-electron chi connectivity index (χ2n) is 3.21. The van der Waals surface area contributed by atoms with Crippen LogP contribution in [0, 0.1) is 17.6 Å². The lowest BCUT2D eigenvalue weighted by atomic mass is 9.96. The molecular formula is C10H7F2NO. The van der Waals surface area contributed by atoms with Gasteiger partial charge in [-0.25, -0.2) is 8.78 Å². The van der Waals surface area contributed by atoms with E-state index in [1.165, 1.54) is 6.21 Å². The van der Waals surface area contributed by atoms with E-state index in [2.05, 4.69) is 4.99 Å². The first-order chi connectivity index (χ1) is 6.59. The molecule has 1 unspecified atom stereocenters. The van der Waals surface area contributed by atoms with Gasteiger partial charge in [-0.05, 0) is 6.07 Å². The van der Waals surface area contributed by atoms with E-state index >= 15 is 0 Å². The van der Waals surface area contributed by atoms with Crippen LogP contribution in [0.4, 0.5) is 14.5 Å². The first-order valence-corrected chi connectivity index (χ1v) is 4.17. The summed E-state index contributed by atoms with van der Waals surface area (Å²) in [5.74, 6) is -2.26. The van der Waals surface area contributed by atoms with Crippen LogP contribution in [0.2, 0.25) is 0 Å². The molecule has 0 aromatic heterocycles. The Balaban J connectivity index is 2.68. The van der Waals surface area contributed by atoms with E-state index in [9.17, 15) is 13.6 Å². The van der Waals surface area contributed by atoms with Crippen molar-refractivity contribution in [3.8, 4) is 0 Å². The number of hydrogen-bond donors (Lipinski definition) is 0. The van der Waals surface area contributed by atoms with Crippen molar-refractivity contribution in [3.05, 3.63) is 29.3 Å². The number of nitrogens with zero attached hydrogens (tertiary/aromatic N) is 1. The van der Waals surface area contributed by atoms with Crippen molar-refractivity contribution in [1.29, 1.82) is 0 Å². The van der Waals surface area contributed by atoms with E-state index in [0.29, 0.717) is 0 Å². The minimum atomic E-state index is -0.795. The average Bonchev–Trinajstić information content (AvgIpc) is 2.12. The molecule has 0 radical (unpaired) electrons. The molecule has 0 N–H and O–H groups in total. The highest BCUT2D eigenvalue weighted by Gasteiger charge is 2.24. The zero-order chi connectivity index (χ0) is 10.3. The molecule has 0 bridgehead atoms. The third-order valence-electron chi connectivity index (χ3n) is 2.13. The lowest BCUT2D eigenvalue weighted by Crippen LogP contribution is -2.17. The number of carbonyl (C=O) groups is 1. The minimum Gasteiger partial charge on any atom is -0.293 e. The largest absolute Gasteiger partial charge is 0.293 e. The molecule has 0 aliphatic carbocycles. The maximum Gasteiger partial charge on any atom is 0.173 e. The third kappa shape index (κ3) is 1.23. The summed E-state index contributed by atoms with van der Waals surface area (Å²) in [6, 6.07) is 1.74. The van der Waals surface area contributed by atoms with Gasteiger partial charge in [0.05, 0.1) is 5.92 Å². The van der Waals surface area contributed by atoms with E-state index in [1.807, 2.05) is 0 Å². The number of aliphatic imine (C=N–C) groups is 1. The highest BCUT2D eigenvalue weighted by atomic mass is 19.1. The minimum absolute atomic E-state index is 0.0255. The van der Waals surface area contributed by atoms with Gasteiger partial charge in [-0.3, -0.25) is 9.79 Å². The molecule has 0 spiro atoms. The first kappa shape index (κ1) is 8.99. The van der Waals surface area contributed by atoms with Crippen LogP contribution in [0.1, 0.15) is 17.3 Å². The van der Waals surface area contributed by atoms with Crippen LogP contribution < -0.4 is 0 Å². The Labute approximate surface area is 79.3 Å². The second kappa shape index (κ2) is 2.97. The van der Waals surface area contributed by atoms with Crippen LogP contribution in [0.5, 0.6) is 0 Å². The first-order valence-electron chi connectivity index (χ1n) is 4.17. The molecule has 0 fully saturated rings. The van der Waals surface area contributed by atoms with E-state index < -0.39 is 17.6 Å². The fourth-order valence-corrected chi connectivity index (χ4v) is 1.38. The van der Waals surface area contributed by atoms with Crippen molar-refractivity contribution in [2.75, 3.05) is 0 Å². The van der Waals surface area contributed by atoms with Crippen molar-refractivity contribution >= 4 is 17.7 Å². The number of halogens is 2. The zero-order valence-corrected chi connectivity index (χ0v) is 7.42. The van der Waals surface area contributed by atoms with Crippen LogP contribution in [0.25, 0.3) is 0 Å². The van der Waals surface area contributed by atoms with E-state index in [1.54, 1.807) is 6.92 Å². The quantitative estimate of drug-likeness (QED) is 0.625. The second-order valence-corrected chi connectivity index (χ2v) is 3.21. The Morgan fingerprint density at radius 2 is 2.07 bits per heavy atom. The topological polar surface area (TPSA) is 29.4 Å². The number of rotatable bonds is 0. The summed E-state index contributed by atoms with van der Waals surface area (Å²) in [5, 5.41) is 0. The predicted molar refractivity (Wildman–Crippen MR) is 48.0 cm³/mol. The Morgan fingerprint density at radius 1 is 1.36 bits per heavy atom. The fourth-order valence-electron chi connectivity index (χ4n) is 1.38. The van der Waals surface area contributed by atoms with Crippen molar-refractivity contribution in [3.63, 3.8) is 0 Å². The third-order valence-corrected chi connectivity index (χ3v) is 2.13. The van der Waals surface area contributed by atoms with Gasteiger partial charge in [-0.15, -0.1) is 0 Å². The normalized spacial score (nSPS) is 19.6. The molecule has 1 aliphatic rings. The van der Waals surface area contributed by atoms with Crippen molar-refractivity contribution in [2.24, 2.45) is 10.9 Å². The van der Waals surface area contributed by atoms with Crippen molar-refractivity contribution in [2.45, 2.75) is 6.92 Å². The fraction of sp³-hybridized carbons (Fsp3) is 0.200. The maximum absolute atomic E-state index is 13.1. The predicted octanol–water partition coefficient (Wildman–Crippen LogP) is 2.50. The summed E-state index contributed by atoms with van der Waals surface area (Å²) < 4.78 is 25.9. The molecule has 0 saturated heterocycles. The Kier molecular flexibility index (Phi) is 1.91. The molecule has 1 atom stereocenters. The molecule has 1 heterocycles. The molecule has 0 amide bonds. The van der Waals surface area contributed by atoms with Gasteiger partial charge in [-0.2, -0.15) is 0 Å². The number of carbonyl (C=O) groups excluding carboxylic acids is 1. The zero-order valence-electron chi connectivity index (χ0n) is 7.42. The van der Waals surface area contributed by atoms with Crippen LogP contribution in [-0.2, 0) is 0 Å². The summed E-state index contributed by atoms with van der Waals surface area (Å²) in [4.78, 5) is 15.3. The van der Waals surface area contributed by atoms with Gasteiger partial charge in [0.1, 0.15) is 11.5 Å². The Morgan fingerprint density at radius 3 is 2.79 bits per heavy atom. The molecule has 72 valence electrons. The molecule has 1 aromatic carbocycles. The summed E-state index contributed by atoms with van der Waals surface area (Å²) in [7, 11) is 0. The number of ketones is 1. The van der Waals surface area contributed by atoms with Gasteiger partial charge in [0.15, 0.2) is 11.6 Å². The van der Waals surface area contributed by atoms with Gasteiger partial charge in [0, 0.05) is 17.8 Å². The molecule has 14 heavy (non-hydrogen) atoms. The lowest BCUT2D eigenvalue weighted by molar-refractivity contribution is 0.0961. The van der Waals surface area contributed by atoms with Crippen molar-refractivity contribution < 1.29 is 13.6 Å². The molecule has 1 aliphatic heterocycles. The molecular weight excluding hydrogens is 188 g/mol. The molecule has 1 aromatic rings. The van der Waals surface area contributed by atoms with Gasteiger partial charge >= 0.3 is 0 Å². The monoisotopic (exact) mass is 195 g/mol. The van der Waals surface area contributed by atoms with E-state index in [0.717, 1.165) is 12.1 Å². The summed E-state index contributed by atoms with van der Waals surface area (Å²) in [6.07, 6.45) is 1.37. The summed E-state index contributed by atoms with van der Waals surface area (Å²) in [6.45, 7) is 1.64. The van der Waals surface area contributed by atoms with Gasteiger partial charge in [0.25, 0.3) is 0 Å². The standard InChI is InChI=1S/C10H7F2NO/c1-5-4-13-9-7(10(5)14)2-6(11)3-8(9)12/h2-5H,1H3. The average molecular weight is 195 g/mol. The number of hydrogen-bond acceptors (Lipinski definition) is 2. The Bertz CT molecular complexity index is 440. The smallest absolute Gasteiger partial charge is 0.173 e. The number of benzene rings is 1. The molecule has 2 nitrogen and oxygen atoms in total. The summed E-state index contributed by atoms with van der Waals surface area (Å²) >= 11 is 0. The molecule has 4 heteroatoms. The Hall–Kier alpha value is -1.58. The lowest BCUT2D eigenvalue weighted by Gasteiger charge is -2.13. The molecule has 2 rings (SSSR count). The SMILES string of the molecule is CC1C=Nc2c(F)cc(F)cc2C1=O. The van der Waals surface area contributed by atoms with Crippen LogP contribution in [0.15, 0.2) is 17.1 Å². The van der Waals surface area contributed by atoms with Crippen LogP contribution >= 0.6 is 0 Å². The number of fused-ring (bicyclic) bond motifs is 1. The van der Waals surface area contributed by atoms with E-state index in [4.69, 9.17) is 0 Å². The van der Waals surface area contributed by atoms with Crippen molar-refractivity contribution in [1.82, 2.24) is 0 Å². The summed E-state index contributed by atoms with van der Waals surface area (Å²) in [5.41, 5.74) is -0.0352. The molecule has 0 saturated carbocycles. The highest BCUT2D eigenvalue weighted by molar-refractivity contribution is 6.11. The van der Waals surface area contributed by atoms with Gasteiger partial charge < -0.3 is 0 Å².